The number of nitrogens with two attached hydrogens (primary N) is 1. The van der Waals surface area contributed by atoms with Crippen LogP contribution in [0.3, 0.4) is 0 Å². The number of hydrogen-bond donors (Lipinski definition) is 1. The summed E-state index contributed by atoms with van der Waals surface area (Å²) in [6, 6.07) is 0. The van der Waals surface area contributed by atoms with Crippen LogP contribution in [0.5, 0.6) is 0 Å². The molecular weight excluding hydrogens is 162 g/mol. The van der Waals surface area contributed by atoms with Crippen molar-refractivity contribution in [2.75, 3.05) is 19.6 Å². The van der Waals surface area contributed by atoms with Crippen molar-refractivity contribution >= 4 is 5.96 Å². The highest BCUT2D eigenvalue weighted by Crippen LogP contribution is 1.94. The van der Waals surface area contributed by atoms with Gasteiger partial charge in [-0.25, -0.2) is 0 Å². The van der Waals surface area contributed by atoms with E-state index in [-0.39, 0.29) is 0 Å². The second-order valence-electron chi connectivity index (χ2n) is 3.23. The van der Waals surface area contributed by atoms with E-state index in [9.17, 15) is 0 Å². The van der Waals surface area contributed by atoms with Gasteiger partial charge in [0.15, 0.2) is 5.96 Å². The summed E-state index contributed by atoms with van der Waals surface area (Å²) in [6.45, 7) is 9.32. The first kappa shape index (κ1) is 12.3. The summed E-state index contributed by atoms with van der Waals surface area (Å²) in [4.78, 5) is 6.46. The predicted molar refractivity (Wildman–Crippen MR) is 58.9 cm³/mol. The molecule has 0 aromatic rings. The van der Waals surface area contributed by atoms with Crippen molar-refractivity contribution in [1.82, 2.24) is 4.90 Å². The fourth-order valence-electron chi connectivity index (χ4n) is 1.21. The van der Waals surface area contributed by atoms with Crippen molar-refractivity contribution in [3.05, 3.63) is 0 Å². The number of nitrogens with zero attached hydrogens (tertiary/aromatic N) is 2. The molecule has 0 aromatic carbocycles. The van der Waals surface area contributed by atoms with Crippen LogP contribution in [0.2, 0.25) is 0 Å². The summed E-state index contributed by atoms with van der Waals surface area (Å²) in [5.74, 6) is 0.713. The molecule has 0 fully saturated rings. The SMILES string of the molecule is CCCN=C(N)N(CCC)CCC. The number of guanidine groups is 1. The van der Waals surface area contributed by atoms with E-state index in [2.05, 4.69) is 30.7 Å². The Hall–Kier alpha value is -0.730. The molecule has 0 bridgehead atoms. The molecule has 0 saturated heterocycles. The van der Waals surface area contributed by atoms with Gasteiger partial charge in [0.05, 0.1) is 0 Å². The van der Waals surface area contributed by atoms with Crippen LogP contribution in [0.25, 0.3) is 0 Å². The minimum absolute atomic E-state index is 0.713. The quantitative estimate of drug-likeness (QED) is 0.506. The predicted octanol–water partition coefficient (Wildman–Crippen LogP) is 1.83. The van der Waals surface area contributed by atoms with Crippen molar-refractivity contribution < 1.29 is 0 Å². The van der Waals surface area contributed by atoms with Gasteiger partial charge in [-0.3, -0.25) is 4.99 Å². The third kappa shape index (κ3) is 5.50. The summed E-state index contributed by atoms with van der Waals surface area (Å²) in [5, 5.41) is 0. The Morgan fingerprint density at radius 3 is 2.00 bits per heavy atom. The smallest absolute Gasteiger partial charge is 0.191 e. The first-order valence-corrected chi connectivity index (χ1v) is 5.31. The fourth-order valence-corrected chi connectivity index (χ4v) is 1.21. The molecule has 0 saturated carbocycles. The molecule has 0 heterocycles. The van der Waals surface area contributed by atoms with E-state index in [1.807, 2.05) is 0 Å². The first-order valence-electron chi connectivity index (χ1n) is 5.31. The Morgan fingerprint density at radius 1 is 1.08 bits per heavy atom. The zero-order chi connectivity index (χ0) is 10.1. The van der Waals surface area contributed by atoms with Crippen LogP contribution in [-0.4, -0.2) is 30.5 Å². The van der Waals surface area contributed by atoms with Crippen LogP contribution >= 0.6 is 0 Å². The molecule has 3 nitrogen and oxygen atoms in total. The van der Waals surface area contributed by atoms with Crippen molar-refractivity contribution in [2.24, 2.45) is 10.7 Å². The van der Waals surface area contributed by atoms with Gasteiger partial charge in [0.1, 0.15) is 0 Å². The van der Waals surface area contributed by atoms with Crippen LogP contribution in [0.15, 0.2) is 4.99 Å². The highest BCUT2D eigenvalue weighted by atomic mass is 15.2. The molecule has 0 aliphatic rings. The lowest BCUT2D eigenvalue weighted by atomic mass is 10.4. The lowest BCUT2D eigenvalue weighted by molar-refractivity contribution is 0.411. The van der Waals surface area contributed by atoms with E-state index in [4.69, 9.17) is 5.73 Å². The van der Waals surface area contributed by atoms with Crippen molar-refractivity contribution in [3.8, 4) is 0 Å². The molecule has 0 radical (unpaired) electrons. The molecule has 0 atom stereocenters. The molecule has 0 amide bonds. The van der Waals surface area contributed by atoms with E-state index in [0.717, 1.165) is 38.9 Å². The summed E-state index contributed by atoms with van der Waals surface area (Å²) < 4.78 is 0. The van der Waals surface area contributed by atoms with Gasteiger partial charge in [0.25, 0.3) is 0 Å². The summed E-state index contributed by atoms with van der Waals surface area (Å²) in [5.41, 5.74) is 5.85. The van der Waals surface area contributed by atoms with E-state index in [1.54, 1.807) is 0 Å². The third-order valence-corrected chi connectivity index (χ3v) is 1.81. The molecule has 0 aromatic heterocycles. The Kier molecular flexibility index (Phi) is 7.45. The Bertz CT molecular complexity index is 137. The lowest BCUT2D eigenvalue weighted by Gasteiger charge is -2.22. The molecule has 0 unspecified atom stereocenters. The van der Waals surface area contributed by atoms with Gasteiger partial charge in [-0.1, -0.05) is 20.8 Å². The largest absolute Gasteiger partial charge is 0.370 e. The van der Waals surface area contributed by atoms with Crippen molar-refractivity contribution in [3.63, 3.8) is 0 Å². The molecular formula is C10H23N3. The maximum absolute atomic E-state index is 5.85. The molecule has 13 heavy (non-hydrogen) atoms. The monoisotopic (exact) mass is 185 g/mol. The molecule has 2 N–H and O–H groups in total. The normalized spacial score (nSPS) is 11.8. The highest BCUT2D eigenvalue weighted by Gasteiger charge is 2.03. The summed E-state index contributed by atoms with van der Waals surface area (Å²) >= 11 is 0. The van der Waals surface area contributed by atoms with Gasteiger partial charge >= 0.3 is 0 Å². The zero-order valence-electron chi connectivity index (χ0n) is 9.21. The average Bonchev–Trinajstić information content (AvgIpc) is 2.14. The molecule has 0 rings (SSSR count). The summed E-state index contributed by atoms with van der Waals surface area (Å²) in [7, 11) is 0. The molecule has 78 valence electrons. The van der Waals surface area contributed by atoms with Crippen LogP contribution in [0.1, 0.15) is 40.0 Å². The maximum atomic E-state index is 5.85. The Morgan fingerprint density at radius 2 is 1.62 bits per heavy atom. The van der Waals surface area contributed by atoms with Gasteiger partial charge in [-0.15, -0.1) is 0 Å². The van der Waals surface area contributed by atoms with E-state index < -0.39 is 0 Å². The van der Waals surface area contributed by atoms with Gasteiger partial charge in [-0.05, 0) is 19.3 Å². The van der Waals surface area contributed by atoms with Crippen molar-refractivity contribution in [1.29, 1.82) is 0 Å². The van der Waals surface area contributed by atoms with Crippen LogP contribution in [0, 0.1) is 0 Å². The third-order valence-electron chi connectivity index (χ3n) is 1.81. The van der Waals surface area contributed by atoms with Gasteiger partial charge in [0, 0.05) is 19.6 Å². The van der Waals surface area contributed by atoms with E-state index in [1.165, 1.54) is 0 Å². The lowest BCUT2D eigenvalue weighted by Crippen LogP contribution is -2.38. The number of aliphatic imine (C=N–C) groups is 1. The van der Waals surface area contributed by atoms with E-state index in [0.29, 0.717) is 5.96 Å². The van der Waals surface area contributed by atoms with Crippen molar-refractivity contribution in [2.45, 2.75) is 40.0 Å². The minimum Gasteiger partial charge on any atom is -0.370 e. The topological polar surface area (TPSA) is 41.6 Å². The zero-order valence-corrected chi connectivity index (χ0v) is 9.21. The van der Waals surface area contributed by atoms with Crippen LogP contribution in [0.4, 0.5) is 0 Å². The maximum Gasteiger partial charge on any atom is 0.191 e. The second kappa shape index (κ2) is 7.90. The average molecular weight is 185 g/mol. The fraction of sp³-hybridized carbons (Fsp3) is 0.900. The molecule has 0 spiro atoms. The minimum atomic E-state index is 0.713. The molecule has 0 aliphatic carbocycles. The van der Waals surface area contributed by atoms with Crippen LogP contribution in [-0.2, 0) is 0 Å². The molecule has 0 aliphatic heterocycles. The van der Waals surface area contributed by atoms with Gasteiger partial charge in [0.2, 0.25) is 0 Å². The van der Waals surface area contributed by atoms with Gasteiger partial charge in [-0.2, -0.15) is 0 Å². The van der Waals surface area contributed by atoms with E-state index >= 15 is 0 Å². The molecule has 3 heteroatoms. The second-order valence-corrected chi connectivity index (χ2v) is 3.23. The standard InChI is InChI=1S/C10H23N3/c1-4-7-12-10(11)13(8-5-2)9-6-3/h4-9H2,1-3H3,(H2,11,12). The first-order chi connectivity index (χ1) is 6.26. The summed E-state index contributed by atoms with van der Waals surface area (Å²) in [6.07, 6.45) is 3.32. The Labute approximate surface area is 82.0 Å². The van der Waals surface area contributed by atoms with Gasteiger partial charge < -0.3 is 10.6 Å². The Balaban J connectivity index is 4.00. The number of rotatable bonds is 6. The number of hydrogen-bond acceptors (Lipinski definition) is 1. The van der Waals surface area contributed by atoms with Crippen LogP contribution < -0.4 is 5.73 Å². The highest BCUT2D eigenvalue weighted by molar-refractivity contribution is 5.78.